The van der Waals surface area contributed by atoms with Gasteiger partial charge in [-0.25, -0.2) is 0 Å². The van der Waals surface area contributed by atoms with E-state index in [2.05, 4.69) is 38.0 Å². The fraction of sp³-hybridized carbons (Fsp3) is 1.00. The normalized spacial score (nSPS) is 32.1. The summed E-state index contributed by atoms with van der Waals surface area (Å²) in [6, 6.07) is 0.744. The van der Waals surface area contributed by atoms with E-state index in [0.29, 0.717) is 5.41 Å². The number of nitrogens with one attached hydrogen (secondary N) is 1. The van der Waals surface area contributed by atoms with E-state index >= 15 is 0 Å². The Hall–Kier alpha value is 0.310. The van der Waals surface area contributed by atoms with Crippen LogP contribution < -0.4 is 5.32 Å². The Morgan fingerprint density at radius 3 is 2.60 bits per heavy atom. The smallest absolute Gasteiger partial charge is 0.0160 e. The van der Waals surface area contributed by atoms with Crippen molar-refractivity contribution in [1.82, 2.24) is 5.32 Å². The van der Waals surface area contributed by atoms with E-state index in [1.807, 2.05) is 0 Å². The van der Waals surface area contributed by atoms with Crippen molar-refractivity contribution < 1.29 is 0 Å². The lowest BCUT2D eigenvalue weighted by atomic mass is 9.88. The zero-order valence-electron chi connectivity index (χ0n) is 7.11. The molecule has 10 heavy (non-hydrogen) atoms. The van der Waals surface area contributed by atoms with Gasteiger partial charge in [0.1, 0.15) is 0 Å². The highest BCUT2D eigenvalue weighted by Crippen LogP contribution is 2.33. The van der Waals surface area contributed by atoms with Crippen LogP contribution in [0.3, 0.4) is 0 Å². The fourth-order valence-corrected chi connectivity index (χ4v) is 2.81. The molecule has 1 saturated heterocycles. The van der Waals surface area contributed by atoms with E-state index in [9.17, 15) is 0 Å². The Balaban J connectivity index is 2.40. The maximum Gasteiger partial charge on any atom is 0.0160 e. The van der Waals surface area contributed by atoms with Gasteiger partial charge in [0.05, 0.1) is 0 Å². The number of hydrogen-bond donors (Lipinski definition) is 1. The molecule has 1 unspecified atom stereocenters. The molecule has 2 heteroatoms. The third kappa shape index (κ3) is 2.17. The molecular formula is C8H17NS. The Bertz CT molecular complexity index is 112. The van der Waals surface area contributed by atoms with E-state index < -0.39 is 0 Å². The molecular weight excluding hydrogens is 142 g/mol. The Morgan fingerprint density at radius 1 is 1.50 bits per heavy atom. The van der Waals surface area contributed by atoms with Crippen molar-refractivity contribution in [3.05, 3.63) is 0 Å². The fourth-order valence-electron chi connectivity index (χ4n) is 1.45. The first-order valence-corrected chi connectivity index (χ1v) is 5.04. The second-order valence-corrected chi connectivity index (χ2v) is 4.90. The summed E-state index contributed by atoms with van der Waals surface area (Å²) in [5.74, 6) is 2.62. The van der Waals surface area contributed by atoms with Gasteiger partial charge in [-0.05, 0) is 24.6 Å². The molecule has 0 spiro atoms. The molecule has 1 nitrogen and oxygen atoms in total. The minimum Gasteiger partial charge on any atom is -0.316 e. The standard InChI is InChI=1S/C8H17NS/c1-8(2)4-7(9-3)5-10-6-8/h7,9H,4-6H2,1-3H3. The predicted molar refractivity (Wildman–Crippen MR) is 48.6 cm³/mol. The van der Waals surface area contributed by atoms with Crippen LogP contribution in [0.15, 0.2) is 0 Å². The van der Waals surface area contributed by atoms with E-state index in [1.165, 1.54) is 17.9 Å². The summed E-state index contributed by atoms with van der Waals surface area (Å²) < 4.78 is 0. The molecule has 0 aliphatic carbocycles. The van der Waals surface area contributed by atoms with E-state index in [1.54, 1.807) is 0 Å². The number of thioether (sulfide) groups is 1. The highest BCUT2D eigenvalue weighted by molar-refractivity contribution is 7.99. The second kappa shape index (κ2) is 3.14. The molecule has 0 aromatic carbocycles. The van der Waals surface area contributed by atoms with Gasteiger partial charge < -0.3 is 5.32 Å². The molecule has 0 saturated carbocycles. The maximum absolute atomic E-state index is 3.34. The SMILES string of the molecule is CNC1CSCC(C)(C)C1. The zero-order chi connectivity index (χ0) is 7.61. The van der Waals surface area contributed by atoms with Gasteiger partial charge in [0.25, 0.3) is 0 Å². The summed E-state index contributed by atoms with van der Waals surface area (Å²) in [6.07, 6.45) is 1.33. The van der Waals surface area contributed by atoms with Crippen LogP contribution in [-0.4, -0.2) is 24.6 Å². The first kappa shape index (κ1) is 8.41. The van der Waals surface area contributed by atoms with Crippen molar-refractivity contribution in [1.29, 1.82) is 0 Å². The summed E-state index contributed by atoms with van der Waals surface area (Å²) in [4.78, 5) is 0. The molecule has 1 N–H and O–H groups in total. The summed E-state index contributed by atoms with van der Waals surface area (Å²) >= 11 is 2.07. The third-order valence-electron chi connectivity index (χ3n) is 2.02. The maximum atomic E-state index is 3.34. The van der Waals surface area contributed by atoms with Crippen molar-refractivity contribution >= 4 is 11.8 Å². The molecule has 0 amide bonds. The minimum atomic E-state index is 0.552. The van der Waals surface area contributed by atoms with Crippen LogP contribution in [0.4, 0.5) is 0 Å². The van der Waals surface area contributed by atoms with Crippen LogP contribution in [0, 0.1) is 5.41 Å². The Kier molecular flexibility index (Phi) is 2.64. The summed E-state index contributed by atoms with van der Waals surface area (Å²) in [5.41, 5.74) is 0.552. The van der Waals surface area contributed by atoms with Crippen LogP contribution >= 0.6 is 11.8 Å². The monoisotopic (exact) mass is 159 g/mol. The molecule has 0 bridgehead atoms. The van der Waals surface area contributed by atoms with Gasteiger partial charge in [-0.2, -0.15) is 11.8 Å². The van der Waals surface area contributed by atoms with Gasteiger partial charge in [0.15, 0.2) is 0 Å². The molecule has 1 fully saturated rings. The number of hydrogen-bond acceptors (Lipinski definition) is 2. The van der Waals surface area contributed by atoms with Crippen molar-refractivity contribution in [2.75, 3.05) is 18.6 Å². The van der Waals surface area contributed by atoms with Gasteiger partial charge in [0, 0.05) is 11.8 Å². The second-order valence-electron chi connectivity index (χ2n) is 3.87. The molecule has 1 heterocycles. The van der Waals surface area contributed by atoms with Crippen molar-refractivity contribution in [3.8, 4) is 0 Å². The average Bonchev–Trinajstić information content (AvgIpc) is 1.86. The lowest BCUT2D eigenvalue weighted by Crippen LogP contribution is -2.38. The van der Waals surface area contributed by atoms with Gasteiger partial charge >= 0.3 is 0 Å². The van der Waals surface area contributed by atoms with Gasteiger partial charge in [-0.1, -0.05) is 13.8 Å². The van der Waals surface area contributed by atoms with Gasteiger partial charge in [0.2, 0.25) is 0 Å². The lowest BCUT2D eigenvalue weighted by Gasteiger charge is -2.34. The van der Waals surface area contributed by atoms with E-state index in [-0.39, 0.29) is 0 Å². The molecule has 1 atom stereocenters. The van der Waals surface area contributed by atoms with Crippen LogP contribution in [0.25, 0.3) is 0 Å². The van der Waals surface area contributed by atoms with Crippen LogP contribution in [0.5, 0.6) is 0 Å². The summed E-state index contributed by atoms with van der Waals surface area (Å²) in [6.45, 7) is 4.70. The third-order valence-corrected chi connectivity index (χ3v) is 3.64. The van der Waals surface area contributed by atoms with Crippen LogP contribution in [-0.2, 0) is 0 Å². The van der Waals surface area contributed by atoms with Gasteiger partial charge in [-0.3, -0.25) is 0 Å². The van der Waals surface area contributed by atoms with Gasteiger partial charge in [-0.15, -0.1) is 0 Å². The quantitative estimate of drug-likeness (QED) is 0.625. The largest absolute Gasteiger partial charge is 0.316 e. The van der Waals surface area contributed by atoms with E-state index in [4.69, 9.17) is 0 Å². The lowest BCUT2D eigenvalue weighted by molar-refractivity contribution is 0.327. The minimum absolute atomic E-state index is 0.552. The summed E-state index contributed by atoms with van der Waals surface area (Å²) in [5, 5.41) is 3.34. The Labute approximate surface area is 68.0 Å². The molecule has 60 valence electrons. The van der Waals surface area contributed by atoms with Crippen molar-refractivity contribution in [2.24, 2.45) is 5.41 Å². The average molecular weight is 159 g/mol. The van der Waals surface area contributed by atoms with E-state index in [0.717, 1.165) is 6.04 Å². The topological polar surface area (TPSA) is 12.0 Å². The van der Waals surface area contributed by atoms with Crippen molar-refractivity contribution in [2.45, 2.75) is 26.3 Å². The number of rotatable bonds is 1. The van der Waals surface area contributed by atoms with Crippen molar-refractivity contribution in [3.63, 3.8) is 0 Å². The predicted octanol–water partition coefficient (Wildman–Crippen LogP) is 1.74. The molecule has 0 radical (unpaired) electrons. The Morgan fingerprint density at radius 2 is 2.20 bits per heavy atom. The highest BCUT2D eigenvalue weighted by atomic mass is 32.2. The summed E-state index contributed by atoms with van der Waals surface area (Å²) in [7, 11) is 2.06. The molecule has 1 aliphatic heterocycles. The first-order valence-electron chi connectivity index (χ1n) is 3.89. The molecule has 1 aliphatic rings. The zero-order valence-corrected chi connectivity index (χ0v) is 7.92. The highest BCUT2D eigenvalue weighted by Gasteiger charge is 2.27. The van der Waals surface area contributed by atoms with Crippen LogP contribution in [0.2, 0.25) is 0 Å². The molecule has 1 rings (SSSR count). The molecule has 0 aromatic rings. The molecule has 0 aromatic heterocycles. The first-order chi connectivity index (χ1) is 4.64. The van der Waals surface area contributed by atoms with Crippen LogP contribution in [0.1, 0.15) is 20.3 Å².